The zero-order valence-corrected chi connectivity index (χ0v) is 20.8. The highest BCUT2D eigenvalue weighted by Crippen LogP contribution is 2.30. The number of aromatic nitrogens is 2. The minimum atomic E-state index is -0.485. The lowest BCUT2D eigenvalue weighted by atomic mass is 10.1. The predicted octanol–water partition coefficient (Wildman–Crippen LogP) is 5.05. The van der Waals surface area contributed by atoms with Crippen molar-refractivity contribution in [1.82, 2.24) is 19.8 Å². The molecule has 4 rings (SSSR count). The number of piperazine rings is 1. The zero-order chi connectivity index (χ0) is 25.0. The molecule has 1 aliphatic heterocycles. The van der Waals surface area contributed by atoms with E-state index < -0.39 is 5.60 Å². The molecular formula is C27H32N6O2. The van der Waals surface area contributed by atoms with Crippen molar-refractivity contribution >= 4 is 34.4 Å². The van der Waals surface area contributed by atoms with E-state index in [1.165, 1.54) is 0 Å². The highest BCUT2D eigenvalue weighted by atomic mass is 16.6. The molecule has 0 atom stereocenters. The largest absolute Gasteiger partial charge is 0.444 e. The first-order chi connectivity index (χ1) is 16.7. The summed E-state index contributed by atoms with van der Waals surface area (Å²) in [6.45, 7) is 11.3. The Morgan fingerprint density at radius 3 is 2.71 bits per heavy atom. The van der Waals surface area contributed by atoms with Crippen LogP contribution in [0.1, 0.15) is 37.5 Å². The second-order valence-electron chi connectivity index (χ2n) is 9.74. The van der Waals surface area contributed by atoms with Gasteiger partial charge in [-0.3, -0.25) is 9.88 Å². The van der Waals surface area contributed by atoms with E-state index in [-0.39, 0.29) is 6.09 Å². The Kier molecular flexibility index (Phi) is 7.08. The van der Waals surface area contributed by atoms with Crippen molar-refractivity contribution in [3.8, 4) is 6.07 Å². The van der Waals surface area contributed by atoms with E-state index in [9.17, 15) is 10.1 Å². The molecule has 1 fully saturated rings. The number of nitrogens with zero attached hydrogens (tertiary/aromatic N) is 4. The van der Waals surface area contributed by atoms with Crippen molar-refractivity contribution in [2.75, 3.05) is 38.0 Å². The SMILES string of the molecule is Cc1c(Nc2c(C#N)cncc2/C=C/CN2CCN(C(=O)OC(C)(C)C)CC2)ccc2[nH]ccc12. The Bertz CT molecular complexity index is 1270. The molecule has 0 bridgehead atoms. The lowest BCUT2D eigenvalue weighted by Crippen LogP contribution is -2.49. The van der Waals surface area contributed by atoms with Gasteiger partial charge in [-0.15, -0.1) is 0 Å². The first-order valence-corrected chi connectivity index (χ1v) is 11.8. The number of nitrogens with one attached hydrogen (secondary N) is 2. The van der Waals surface area contributed by atoms with Gasteiger partial charge in [-0.1, -0.05) is 12.2 Å². The molecule has 8 nitrogen and oxygen atoms in total. The number of anilines is 2. The highest BCUT2D eigenvalue weighted by molar-refractivity contribution is 5.89. The van der Waals surface area contributed by atoms with Gasteiger partial charge in [0.1, 0.15) is 11.7 Å². The second kappa shape index (κ2) is 10.2. The summed E-state index contributed by atoms with van der Waals surface area (Å²) in [4.78, 5) is 23.8. The van der Waals surface area contributed by atoms with E-state index in [0.717, 1.165) is 53.0 Å². The van der Waals surface area contributed by atoms with Crippen LogP contribution in [0.15, 0.2) is 42.9 Å². The zero-order valence-electron chi connectivity index (χ0n) is 20.8. The normalized spacial score (nSPS) is 14.9. The summed E-state index contributed by atoms with van der Waals surface area (Å²) < 4.78 is 5.48. The molecule has 2 aromatic heterocycles. The average Bonchev–Trinajstić information content (AvgIpc) is 3.31. The van der Waals surface area contributed by atoms with Crippen LogP contribution >= 0.6 is 0 Å². The van der Waals surface area contributed by atoms with E-state index in [1.54, 1.807) is 17.3 Å². The van der Waals surface area contributed by atoms with Crippen LogP contribution in [0.5, 0.6) is 0 Å². The van der Waals surface area contributed by atoms with E-state index >= 15 is 0 Å². The molecule has 0 spiro atoms. The van der Waals surface area contributed by atoms with Crippen LogP contribution in [0.3, 0.4) is 0 Å². The summed E-state index contributed by atoms with van der Waals surface area (Å²) in [6, 6.07) is 8.36. The lowest BCUT2D eigenvalue weighted by Gasteiger charge is -2.35. The number of fused-ring (bicyclic) bond motifs is 1. The van der Waals surface area contributed by atoms with Crippen molar-refractivity contribution in [2.24, 2.45) is 0 Å². The van der Waals surface area contributed by atoms with E-state index in [4.69, 9.17) is 4.74 Å². The van der Waals surface area contributed by atoms with E-state index in [1.807, 2.05) is 45.2 Å². The molecule has 1 aliphatic rings. The van der Waals surface area contributed by atoms with Crippen molar-refractivity contribution < 1.29 is 9.53 Å². The number of rotatable bonds is 5. The molecular weight excluding hydrogens is 440 g/mol. The van der Waals surface area contributed by atoms with Crippen molar-refractivity contribution in [1.29, 1.82) is 5.26 Å². The second-order valence-corrected chi connectivity index (χ2v) is 9.74. The van der Waals surface area contributed by atoms with E-state index in [2.05, 4.69) is 45.3 Å². The van der Waals surface area contributed by atoms with Gasteiger partial charge in [0.15, 0.2) is 0 Å². The number of H-pyrrole nitrogens is 1. The maximum absolute atomic E-state index is 12.3. The molecule has 0 saturated carbocycles. The molecule has 1 aromatic carbocycles. The lowest BCUT2D eigenvalue weighted by molar-refractivity contribution is 0.0154. The predicted molar refractivity (Wildman–Crippen MR) is 139 cm³/mol. The standard InChI is InChI=1S/C27H32N6O2/c1-19-22-9-10-30-24(22)8-7-23(19)31-25-20(17-29-18-21(25)16-28)6-5-11-32-12-14-33(15-13-32)26(34)35-27(2,3)4/h5-10,17-18,30H,11-15H2,1-4H3,(H,29,31)/b6-5+. The quantitative estimate of drug-likeness (QED) is 0.539. The number of aromatic amines is 1. The average molecular weight is 473 g/mol. The van der Waals surface area contributed by atoms with Crippen LogP contribution in [0.4, 0.5) is 16.2 Å². The maximum atomic E-state index is 12.3. The Hall–Kier alpha value is -3.83. The number of hydrogen-bond donors (Lipinski definition) is 2. The van der Waals surface area contributed by atoms with Crippen LogP contribution in [-0.4, -0.2) is 64.2 Å². The minimum absolute atomic E-state index is 0.254. The number of carbonyl (C=O) groups is 1. The summed E-state index contributed by atoms with van der Waals surface area (Å²) >= 11 is 0. The highest BCUT2D eigenvalue weighted by Gasteiger charge is 2.25. The van der Waals surface area contributed by atoms with Crippen molar-refractivity contribution in [2.45, 2.75) is 33.3 Å². The number of nitriles is 1. The molecule has 0 unspecified atom stereocenters. The number of aryl methyl sites for hydroxylation is 1. The smallest absolute Gasteiger partial charge is 0.410 e. The van der Waals surface area contributed by atoms with Crippen LogP contribution in [-0.2, 0) is 4.74 Å². The van der Waals surface area contributed by atoms with Crippen LogP contribution in [0.2, 0.25) is 0 Å². The van der Waals surface area contributed by atoms with Gasteiger partial charge in [0.05, 0.1) is 11.3 Å². The first kappa shape index (κ1) is 24.3. The first-order valence-electron chi connectivity index (χ1n) is 11.8. The van der Waals surface area contributed by atoms with Crippen LogP contribution in [0.25, 0.3) is 17.0 Å². The van der Waals surface area contributed by atoms with E-state index in [0.29, 0.717) is 18.7 Å². The van der Waals surface area contributed by atoms with Gasteiger partial charge in [-0.25, -0.2) is 4.79 Å². The van der Waals surface area contributed by atoms with Gasteiger partial charge in [-0.05, 0) is 51.5 Å². The van der Waals surface area contributed by atoms with Crippen LogP contribution in [0, 0.1) is 18.3 Å². The topological polar surface area (TPSA) is 97.3 Å². The Labute approximate surface area is 206 Å². The van der Waals surface area contributed by atoms with Gasteiger partial charge in [0.25, 0.3) is 0 Å². The number of pyridine rings is 1. The molecule has 35 heavy (non-hydrogen) atoms. The fourth-order valence-corrected chi connectivity index (χ4v) is 4.15. The van der Waals surface area contributed by atoms with Crippen LogP contribution < -0.4 is 5.32 Å². The maximum Gasteiger partial charge on any atom is 0.410 e. The summed E-state index contributed by atoms with van der Waals surface area (Å²) in [5.41, 5.74) is 4.74. The van der Waals surface area contributed by atoms with Gasteiger partial charge in [-0.2, -0.15) is 5.26 Å². The Balaban J connectivity index is 1.43. The van der Waals surface area contributed by atoms with Crippen molar-refractivity contribution in [3.05, 3.63) is 59.6 Å². The summed E-state index contributed by atoms with van der Waals surface area (Å²) in [6.07, 6.45) is 9.10. The number of ether oxygens (including phenoxy) is 1. The Morgan fingerprint density at radius 1 is 1.23 bits per heavy atom. The van der Waals surface area contributed by atoms with Gasteiger partial charge < -0.3 is 19.9 Å². The summed E-state index contributed by atoms with van der Waals surface area (Å²) in [5.74, 6) is 0. The fraction of sp³-hybridized carbons (Fsp3) is 0.370. The monoisotopic (exact) mass is 472 g/mol. The molecule has 182 valence electrons. The number of benzene rings is 1. The van der Waals surface area contributed by atoms with Gasteiger partial charge >= 0.3 is 6.09 Å². The third kappa shape index (κ3) is 5.81. The summed E-state index contributed by atoms with van der Waals surface area (Å²) in [5, 5.41) is 14.3. The molecule has 3 heterocycles. The third-order valence-electron chi connectivity index (χ3n) is 6.04. The molecule has 3 aromatic rings. The molecule has 2 N–H and O–H groups in total. The van der Waals surface area contributed by atoms with Gasteiger partial charge in [0, 0.05) is 73.5 Å². The molecule has 0 aliphatic carbocycles. The van der Waals surface area contributed by atoms with Gasteiger partial charge in [0.2, 0.25) is 0 Å². The molecule has 1 saturated heterocycles. The number of carbonyl (C=O) groups excluding carboxylic acids is 1. The fourth-order valence-electron chi connectivity index (χ4n) is 4.15. The number of amides is 1. The molecule has 0 radical (unpaired) electrons. The summed E-state index contributed by atoms with van der Waals surface area (Å²) in [7, 11) is 0. The Morgan fingerprint density at radius 2 is 2.00 bits per heavy atom. The molecule has 8 heteroatoms. The van der Waals surface area contributed by atoms with Crippen molar-refractivity contribution in [3.63, 3.8) is 0 Å². The number of hydrogen-bond acceptors (Lipinski definition) is 6. The molecule has 1 amide bonds. The third-order valence-corrected chi connectivity index (χ3v) is 6.04. The minimum Gasteiger partial charge on any atom is -0.444 e.